The molecule has 20 heteroatoms. The highest BCUT2D eigenvalue weighted by Gasteiger charge is 2.33. The zero-order chi connectivity index (χ0) is 43.4. The molecule has 0 aromatic rings. The molecule has 7 atom stereocenters. The van der Waals surface area contributed by atoms with Crippen molar-refractivity contribution in [2.75, 3.05) is 19.6 Å². The van der Waals surface area contributed by atoms with Gasteiger partial charge >= 0.3 is 11.9 Å². The molecule has 0 saturated carbocycles. The molecule has 1 rings (SSSR count). The van der Waals surface area contributed by atoms with Crippen LogP contribution in [0.5, 0.6) is 0 Å². The molecule has 1 aliphatic rings. The quantitative estimate of drug-likeness (QED) is 0.0431. The van der Waals surface area contributed by atoms with Gasteiger partial charge in [0.1, 0.15) is 36.3 Å². The number of amides is 7. The Bertz CT molecular complexity index is 1400. The average Bonchev–Trinajstić information content (AvgIpc) is 3.66. The molecule has 0 aliphatic carbocycles. The number of nitrogens with two attached hydrogens (primary N) is 1. The maximum absolute atomic E-state index is 13.5. The van der Waals surface area contributed by atoms with Gasteiger partial charge in [-0.2, -0.15) is 0 Å². The van der Waals surface area contributed by atoms with E-state index >= 15 is 0 Å². The maximum Gasteiger partial charge on any atom is 0.326 e. The predicted octanol–water partition coefficient (Wildman–Crippen LogP) is -1.78. The van der Waals surface area contributed by atoms with Crippen LogP contribution in [0.4, 0.5) is 0 Å². The van der Waals surface area contributed by atoms with Gasteiger partial charge in [0.2, 0.25) is 41.4 Å². The summed E-state index contributed by atoms with van der Waals surface area (Å²) in [6, 6.07) is -7.93. The number of aliphatic carboxylic acids is 2. The van der Waals surface area contributed by atoms with E-state index in [4.69, 9.17) is 5.73 Å². The number of carbonyl (C=O) groups is 9. The molecule has 0 aromatic carbocycles. The van der Waals surface area contributed by atoms with Crippen molar-refractivity contribution in [2.45, 2.75) is 142 Å². The van der Waals surface area contributed by atoms with Crippen molar-refractivity contribution in [3.05, 3.63) is 0 Å². The molecule has 324 valence electrons. The molecular weight excluding hydrogens is 746 g/mol. The van der Waals surface area contributed by atoms with Gasteiger partial charge in [0.25, 0.3) is 0 Å². The van der Waals surface area contributed by atoms with Gasteiger partial charge in [-0.15, -0.1) is 0 Å². The van der Waals surface area contributed by atoms with E-state index in [0.29, 0.717) is 32.4 Å². The van der Waals surface area contributed by atoms with Crippen molar-refractivity contribution in [1.82, 2.24) is 42.5 Å². The molecule has 12 N–H and O–H groups in total. The zero-order valence-corrected chi connectivity index (χ0v) is 34.2. The summed E-state index contributed by atoms with van der Waals surface area (Å²) in [6.45, 7) is 12.2. The summed E-state index contributed by atoms with van der Waals surface area (Å²) in [5, 5.41) is 39.4. The van der Waals surface area contributed by atoms with Crippen LogP contribution in [0.1, 0.15) is 99.8 Å². The van der Waals surface area contributed by atoms with Gasteiger partial charge in [-0.25, -0.2) is 4.79 Å². The first-order valence-electron chi connectivity index (χ1n) is 19.6. The summed E-state index contributed by atoms with van der Waals surface area (Å²) < 4.78 is 0. The summed E-state index contributed by atoms with van der Waals surface area (Å²) in [5.41, 5.74) is 5.62. The Morgan fingerprint density at radius 2 is 1.23 bits per heavy atom. The number of hydrogen-bond acceptors (Lipinski definition) is 11. The fourth-order valence-electron chi connectivity index (χ4n) is 5.98. The van der Waals surface area contributed by atoms with Crippen LogP contribution in [0.15, 0.2) is 0 Å². The van der Waals surface area contributed by atoms with Crippen LogP contribution >= 0.6 is 0 Å². The van der Waals surface area contributed by atoms with Crippen LogP contribution in [0.2, 0.25) is 0 Å². The van der Waals surface area contributed by atoms with Crippen LogP contribution in [0.25, 0.3) is 0 Å². The fraction of sp³-hybridized carbons (Fsp3) is 0.757. The van der Waals surface area contributed by atoms with Crippen molar-refractivity contribution in [3.8, 4) is 0 Å². The highest BCUT2D eigenvalue weighted by Crippen LogP contribution is 2.11. The molecule has 0 bridgehead atoms. The summed E-state index contributed by atoms with van der Waals surface area (Å²) >= 11 is 0. The van der Waals surface area contributed by atoms with Crippen LogP contribution in [-0.2, 0) is 43.2 Å². The number of hydrogen-bond donors (Lipinski definition) is 11. The Labute approximate surface area is 334 Å². The molecule has 0 radical (unpaired) electrons. The Morgan fingerprint density at radius 3 is 1.74 bits per heavy atom. The van der Waals surface area contributed by atoms with E-state index in [9.17, 15) is 53.4 Å². The van der Waals surface area contributed by atoms with Gasteiger partial charge in [0.15, 0.2) is 0 Å². The van der Waals surface area contributed by atoms with Crippen LogP contribution in [0, 0.1) is 17.8 Å². The van der Waals surface area contributed by atoms with E-state index in [2.05, 4.69) is 42.5 Å². The molecule has 1 heterocycles. The van der Waals surface area contributed by atoms with Crippen molar-refractivity contribution in [3.63, 3.8) is 0 Å². The molecule has 1 aliphatic heterocycles. The first-order valence-corrected chi connectivity index (χ1v) is 19.6. The predicted molar refractivity (Wildman–Crippen MR) is 208 cm³/mol. The Hall–Kier alpha value is -4.85. The third-order valence-corrected chi connectivity index (χ3v) is 9.07. The van der Waals surface area contributed by atoms with E-state index in [1.807, 2.05) is 27.7 Å². The van der Waals surface area contributed by atoms with E-state index in [1.165, 1.54) is 6.92 Å². The molecule has 57 heavy (non-hydrogen) atoms. The van der Waals surface area contributed by atoms with E-state index < -0.39 is 109 Å². The molecule has 1 saturated heterocycles. The van der Waals surface area contributed by atoms with Crippen molar-refractivity contribution in [2.24, 2.45) is 23.5 Å². The molecule has 0 aromatic heterocycles. The number of carboxylic acid groups (broad SMARTS) is 2. The summed E-state index contributed by atoms with van der Waals surface area (Å²) in [7, 11) is 0. The lowest BCUT2D eigenvalue weighted by Gasteiger charge is -2.27. The van der Waals surface area contributed by atoms with Gasteiger partial charge in [-0.05, 0) is 82.7 Å². The highest BCUT2D eigenvalue weighted by molar-refractivity contribution is 5.97. The summed E-state index contributed by atoms with van der Waals surface area (Å²) in [5.74, 6) is -8.43. The van der Waals surface area contributed by atoms with Crippen LogP contribution in [0.3, 0.4) is 0 Å². The SMILES string of the molecule is CC(C)C[C@H](NC(=O)[C@@H]1CCCN1)C(=O)NCC(=O)N[C@@H](CC(=O)O)C(=O)N[C@@H](C)C(=O)N[C@@H](CCCCN)C(=O)N[C@@H](CC(C)C)C(=O)N[C@H](C(=O)O)C(C)C. The second-order valence-corrected chi connectivity index (χ2v) is 15.6. The molecular formula is C37H65N9O11. The summed E-state index contributed by atoms with van der Waals surface area (Å²) in [4.78, 5) is 115. The molecule has 7 amide bonds. The van der Waals surface area contributed by atoms with Gasteiger partial charge in [-0.1, -0.05) is 41.5 Å². The minimum absolute atomic E-state index is 0.0151. The molecule has 20 nitrogen and oxygen atoms in total. The average molecular weight is 812 g/mol. The van der Waals surface area contributed by atoms with E-state index in [-0.39, 0.29) is 37.0 Å². The largest absolute Gasteiger partial charge is 0.481 e. The second-order valence-electron chi connectivity index (χ2n) is 15.6. The second kappa shape index (κ2) is 25.4. The van der Waals surface area contributed by atoms with Crippen molar-refractivity contribution >= 4 is 53.3 Å². The Kier molecular flexibility index (Phi) is 22.4. The number of carbonyl (C=O) groups excluding carboxylic acids is 7. The first-order chi connectivity index (χ1) is 26.7. The number of unbranched alkanes of at least 4 members (excludes halogenated alkanes) is 1. The Balaban J connectivity index is 3.00. The van der Waals surface area contributed by atoms with Gasteiger partial charge < -0.3 is 58.5 Å². The maximum atomic E-state index is 13.5. The standard InChI is InChI=1S/C37H65N9O11/c1-19(2)15-25(44-33(52)23-12-10-14-39-23)32(51)40-18-28(47)42-27(17-29(48)49)35(54)41-22(7)31(50)43-24(11-8-9-13-38)34(53)45-26(16-20(3)4)36(55)46-30(21(5)6)37(56)57/h19-27,30,39H,8-18,38H2,1-7H3,(H,40,51)(H,41,54)(H,42,47)(H,43,50)(H,44,52)(H,45,53)(H,46,55)(H,48,49)(H,56,57)/t22-,23-,24-,25-,26-,27-,30-/m0/s1. The topological polar surface area (TPSA) is 316 Å². The van der Waals surface area contributed by atoms with Gasteiger partial charge in [0.05, 0.1) is 19.0 Å². The van der Waals surface area contributed by atoms with E-state index in [1.54, 1.807) is 13.8 Å². The third kappa shape index (κ3) is 19.2. The Morgan fingerprint density at radius 1 is 0.667 bits per heavy atom. The lowest BCUT2D eigenvalue weighted by Crippen LogP contribution is -2.59. The first kappa shape index (κ1) is 50.2. The number of nitrogens with one attached hydrogen (secondary N) is 8. The van der Waals surface area contributed by atoms with Gasteiger partial charge in [-0.3, -0.25) is 38.4 Å². The van der Waals surface area contributed by atoms with Crippen LogP contribution in [-0.4, -0.2) is 125 Å². The molecule has 0 unspecified atom stereocenters. The minimum Gasteiger partial charge on any atom is -0.481 e. The van der Waals surface area contributed by atoms with Gasteiger partial charge in [0, 0.05) is 0 Å². The van der Waals surface area contributed by atoms with Crippen molar-refractivity contribution in [1.29, 1.82) is 0 Å². The highest BCUT2D eigenvalue weighted by atomic mass is 16.4. The third-order valence-electron chi connectivity index (χ3n) is 9.07. The lowest BCUT2D eigenvalue weighted by atomic mass is 9.99. The number of carboxylic acids is 2. The summed E-state index contributed by atoms with van der Waals surface area (Å²) in [6.07, 6.45) is 2.00. The van der Waals surface area contributed by atoms with Crippen LogP contribution < -0.4 is 48.3 Å². The monoisotopic (exact) mass is 811 g/mol. The fourth-order valence-corrected chi connectivity index (χ4v) is 5.98. The molecule has 0 spiro atoms. The number of rotatable bonds is 26. The minimum atomic E-state index is -1.67. The van der Waals surface area contributed by atoms with E-state index in [0.717, 1.165) is 6.42 Å². The zero-order valence-electron chi connectivity index (χ0n) is 34.2. The molecule has 1 fully saturated rings. The van der Waals surface area contributed by atoms with Crippen molar-refractivity contribution < 1.29 is 53.4 Å². The normalized spacial score (nSPS) is 17.0. The smallest absolute Gasteiger partial charge is 0.326 e. The lowest BCUT2D eigenvalue weighted by molar-refractivity contribution is -0.143.